The van der Waals surface area contributed by atoms with Crippen LogP contribution in [0.4, 0.5) is 0 Å². The molecule has 1 saturated carbocycles. The van der Waals surface area contributed by atoms with Crippen LogP contribution in [0.25, 0.3) is 0 Å². The molecule has 0 saturated heterocycles. The van der Waals surface area contributed by atoms with Crippen LogP contribution in [0.2, 0.25) is 0 Å². The Bertz CT molecular complexity index is 376. The Morgan fingerprint density at radius 1 is 1.33 bits per heavy atom. The molecule has 1 fully saturated rings. The van der Waals surface area contributed by atoms with E-state index < -0.39 is 21.8 Å². The van der Waals surface area contributed by atoms with Crippen molar-refractivity contribution in [1.29, 1.82) is 0 Å². The van der Waals surface area contributed by atoms with E-state index in [1.54, 1.807) is 6.92 Å². The van der Waals surface area contributed by atoms with Crippen LogP contribution in [-0.4, -0.2) is 27.9 Å². The Hall–Kier alpha value is -0.480. The van der Waals surface area contributed by atoms with Crippen molar-refractivity contribution in [2.24, 2.45) is 5.41 Å². The van der Waals surface area contributed by atoms with E-state index in [-0.39, 0.29) is 11.4 Å². The second-order valence-electron chi connectivity index (χ2n) is 6.00. The van der Waals surface area contributed by atoms with Crippen molar-refractivity contribution in [3.05, 3.63) is 0 Å². The summed E-state index contributed by atoms with van der Waals surface area (Å²) >= 11 is 11.8. The lowest BCUT2D eigenvalue weighted by Gasteiger charge is -2.24. The zero-order valence-electron chi connectivity index (χ0n) is 11.3. The Labute approximate surface area is 117 Å². The van der Waals surface area contributed by atoms with E-state index in [4.69, 9.17) is 27.9 Å². The number of hydrogen-bond donors (Lipinski definition) is 1. The molecule has 4 nitrogen and oxygen atoms in total. The first-order valence-corrected chi connectivity index (χ1v) is 6.56. The van der Waals surface area contributed by atoms with Crippen LogP contribution >= 0.6 is 23.2 Å². The molecule has 2 atom stereocenters. The zero-order chi connectivity index (χ0) is 14.4. The summed E-state index contributed by atoms with van der Waals surface area (Å²) in [6, 6.07) is 0. The largest absolute Gasteiger partial charge is 0.452 e. The van der Waals surface area contributed by atoms with Crippen LogP contribution in [0.5, 0.6) is 0 Å². The van der Waals surface area contributed by atoms with E-state index in [2.05, 4.69) is 5.32 Å². The van der Waals surface area contributed by atoms with Crippen molar-refractivity contribution >= 4 is 35.1 Å². The third-order valence-electron chi connectivity index (χ3n) is 2.86. The molecule has 1 aliphatic rings. The highest BCUT2D eigenvalue weighted by Crippen LogP contribution is 2.64. The molecule has 0 aromatic heterocycles. The van der Waals surface area contributed by atoms with Gasteiger partial charge in [-0.05, 0) is 34.6 Å². The molecule has 1 aliphatic carbocycles. The number of esters is 1. The van der Waals surface area contributed by atoms with Gasteiger partial charge in [-0.2, -0.15) is 0 Å². The average Bonchev–Trinajstić information content (AvgIpc) is 2.64. The number of nitrogens with one attached hydrogen (secondary N) is 1. The lowest BCUT2D eigenvalue weighted by Crippen LogP contribution is -2.46. The molecule has 0 aromatic carbocycles. The van der Waals surface area contributed by atoms with E-state index in [1.165, 1.54) is 6.92 Å². The minimum atomic E-state index is -1.08. The molecule has 18 heavy (non-hydrogen) atoms. The highest BCUT2D eigenvalue weighted by Gasteiger charge is 2.69. The highest BCUT2D eigenvalue weighted by atomic mass is 35.5. The van der Waals surface area contributed by atoms with Crippen molar-refractivity contribution in [1.82, 2.24) is 5.32 Å². The van der Waals surface area contributed by atoms with Crippen LogP contribution < -0.4 is 5.32 Å². The summed E-state index contributed by atoms with van der Waals surface area (Å²) in [5.41, 5.74) is -1.28. The number of alkyl halides is 2. The predicted octanol–water partition coefficient (Wildman–Crippen LogP) is 2.42. The van der Waals surface area contributed by atoms with Crippen LogP contribution in [0, 0.1) is 5.41 Å². The average molecular weight is 296 g/mol. The normalized spacial score (nSPS) is 27.3. The SMILES string of the molecule is CC(OC(=O)C1(C)CC1(Cl)Cl)C(=O)NC(C)(C)C. The summed E-state index contributed by atoms with van der Waals surface area (Å²) in [5.74, 6) is -0.876. The Morgan fingerprint density at radius 2 is 1.78 bits per heavy atom. The Morgan fingerprint density at radius 3 is 2.11 bits per heavy atom. The van der Waals surface area contributed by atoms with Crippen LogP contribution in [0.1, 0.15) is 41.0 Å². The molecule has 0 radical (unpaired) electrons. The fourth-order valence-corrected chi connectivity index (χ4v) is 2.13. The molecule has 1 rings (SSSR count). The van der Waals surface area contributed by atoms with Gasteiger partial charge in [-0.15, -0.1) is 23.2 Å². The molecule has 2 unspecified atom stereocenters. The lowest BCUT2D eigenvalue weighted by molar-refractivity contribution is -0.160. The van der Waals surface area contributed by atoms with Gasteiger partial charge in [-0.25, -0.2) is 0 Å². The van der Waals surface area contributed by atoms with E-state index in [0.717, 1.165) is 0 Å². The maximum absolute atomic E-state index is 11.9. The highest BCUT2D eigenvalue weighted by molar-refractivity contribution is 6.53. The van der Waals surface area contributed by atoms with Gasteiger partial charge in [0.1, 0.15) is 9.75 Å². The maximum Gasteiger partial charge on any atom is 0.315 e. The number of amides is 1. The molecule has 0 bridgehead atoms. The molecule has 104 valence electrons. The Kier molecular flexibility index (Phi) is 3.95. The molecular weight excluding hydrogens is 277 g/mol. The van der Waals surface area contributed by atoms with E-state index in [1.807, 2.05) is 20.8 Å². The number of carbonyl (C=O) groups excluding carboxylic acids is 2. The predicted molar refractivity (Wildman–Crippen MR) is 70.6 cm³/mol. The minimum Gasteiger partial charge on any atom is -0.452 e. The molecule has 0 spiro atoms. The monoisotopic (exact) mass is 295 g/mol. The first-order valence-electron chi connectivity index (χ1n) is 5.80. The van der Waals surface area contributed by atoms with Crippen LogP contribution in [0.3, 0.4) is 0 Å². The topological polar surface area (TPSA) is 55.4 Å². The fraction of sp³-hybridized carbons (Fsp3) is 0.833. The number of rotatable bonds is 3. The van der Waals surface area contributed by atoms with Crippen molar-refractivity contribution in [2.45, 2.75) is 57.0 Å². The summed E-state index contributed by atoms with van der Waals surface area (Å²) in [6.45, 7) is 8.71. The second kappa shape index (κ2) is 4.57. The molecular formula is C12H19Cl2NO3. The smallest absolute Gasteiger partial charge is 0.315 e. The fourth-order valence-electron chi connectivity index (χ4n) is 1.44. The molecule has 0 heterocycles. The first-order chi connectivity index (χ1) is 7.89. The lowest BCUT2D eigenvalue weighted by atomic mass is 10.1. The number of hydrogen-bond acceptors (Lipinski definition) is 3. The van der Waals surface area contributed by atoms with Crippen LogP contribution in [0.15, 0.2) is 0 Å². The van der Waals surface area contributed by atoms with Crippen molar-refractivity contribution in [3.8, 4) is 0 Å². The summed E-state index contributed by atoms with van der Waals surface area (Å²) < 4.78 is 4.02. The summed E-state index contributed by atoms with van der Waals surface area (Å²) in [7, 11) is 0. The minimum absolute atomic E-state index is 0.338. The maximum atomic E-state index is 11.9. The van der Waals surface area contributed by atoms with Gasteiger partial charge in [0.15, 0.2) is 6.10 Å². The standard InChI is InChI=1S/C12H19Cl2NO3/c1-7(8(16)15-10(2,3)4)18-9(17)11(5)6-12(11,13)14/h7H,6H2,1-5H3,(H,15,16). The Balaban J connectivity index is 2.54. The summed E-state index contributed by atoms with van der Waals surface area (Å²) in [5, 5.41) is 2.73. The van der Waals surface area contributed by atoms with E-state index in [0.29, 0.717) is 6.42 Å². The van der Waals surface area contributed by atoms with Crippen molar-refractivity contribution in [2.75, 3.05) is 0 Å². The van der Waals surface area contributed by atoms with Gasteiger partial charge in [0.05, 0.1) is 0 Å². The van der Waals surface area contributed by atoms with Crippen molar-refractivity contribution in [3.63, 3.8) is 0 Å². The molecule has 1 amide bonds. The third kappa shape index (κ3) is 3.29. The molecule has 6 heteroatoms. The quantitative estimate of drug-likeness (QED) is 0.643. The van der Waals surface area contributed by atoms with Gasteiger partial charge in [-0.3, -0.25) is 9.59 Å². The first kappa shape index (κ1) is 15.6. The van der Waals surface area contributed by atoms with Gasteiger partial charge in [0, 0.05) is 12.0 Å². The number of ether oxygens (including phenoxy) is 1. The van der Waals surface area contributed by atoms with Gasteiger partial charge >= 0.3 is 5.97 Å². The molecule has 0 aromatic rings. The summed E-state index contributed by atoms with van der Waals surface area (Å²) in [4.78, 5) is 23.6. The molecule has 1 N–H and O–H groups in total. The van der Waals surface area contributed by atoms with Gasteiger partial charge in [0.25, 0.3) is 5.91 Å². The zero-order valence-corrected chi connectivity index (χ0v) is 12.8. The number of halogens is 2. The summed E-state index contributed by atoms with van der Waals surface area (Å²) in [6.07, 6.45) is -0.520. The number of carbonyl (C=O) groups is 2. The van der Waals surface area contributed by atoms with E-state index >= 15 is 0 Å². The third-order valence-corrected chi connectivity index (χ3v) is 3.96. The van der Waals surface area contributed by atoms with Crippen molar-refractivity contribution < 1.29 is 14.3 Å². The second-order valence-corrected chi connectivity index (χ2v) is 7.48. The van der Waals surface area contributed by atoms with Gasteiger partial charge in [0.2, 0.25) is 0 Å². The van der Waals surface area contributed by atoms with Gasteiger partial charge in [-0.1, -0.05) is 0 Å². The van der Waals surface area contributed by atoms with Crippen LogP contribution in [-0.2, 0) is 14.3 Å². The molecule has 0 aliphatic heterocycles. The van der Waals surface area contributed by atoms with Gasteiger partial charge < -0.3 is 10.1 Å². The van der Waals surface area contributed by atoms with E-state index in [9.17, 15) is 9.59 Å².